The molecule has 3 rings (SSSR count). The van der Waals surface area contributed by atoms with Gasteiger partial charge < -0.3 is 5.11 Å². The number of hydrogen-bond donors (Lipinski definition) is 4. The topological polar surface area (TPSA) is 99.2 Å². The second-order valence-corrected chi connectivity index (χ2v) is 7.75. The van der Waals surface area contributed by atoms with Crippen molar-refractivity contribution in [3.05, 3.63) is 28.8 Å². The molecule has 1 fully saturated rings. The van der Waals surface area contributed by atoms with Crippen LogP contribution < -0.4 is 16.2 Å². The van der Waals surface area contributed by atoms with E-state index in [0.717, 1.165) is 21.0 Å². The first-order valence-electron chi connectivity index (χ1n) is 7.47. The van der Waals surface area contributed by atoms with Crippen LogP contribution in [-0.2, 0) is 4.79 Å². The zero-order chi connectivity index (χ0) is 17.3. The number of phenols is 1. The number of carbonyl (C=O) groups excluding carboxylic acids is 1. The molecule has 1 aromatic heterocycles. The summed E-state index contributed by atoms with van der Waals surface area (Å²) < 4.78 is 0.806. The molecule has 2 unspecified atom stereocenters. The van der Waals surface area contributed by atoms with Crippen LogP contribution in [0.2, 0.25) is 0 Å². The summed E-state index contributed by atoms with van der Waals surface area (Å²) in [6.45, 7) is 3.86. The van der Waals surface area contributed by atoms with Gasteiger partial charge in [-0.2, -0.15) is 0 Å². The molecular formula is C15H19N5O2S2. The van der Waals surface area contributed by atoms with E-state index in [1.54, 1.807) is 0 Å². The van der Waals surface area contributed by atoms with Crippen molar-refractivity contribution in [3.8, 4) is 5.75 Å². The summed E-state index contributed by atoms with van der Waals surface area (Å²) in [6, 6.07) is 3.34. The van der Waals surface area contributed by atoms with Gasteiger partial charge in [-0.15, -0.1) is 10.2 Å². The first-order chi connectivity index (χ1) is 11.5. The van der Waals surface area contributed by atoms with Gasteiger partial charge in [0.15, 0.2) is 4.34 Å². The number of aromatic hydroxyl groups is 1. The number of rotatable bonds is 4. The Balaban J connectivity index is 1.68. The summed E-state index contributed by atoms with van der Waals surface area (Å²) in [5.74, 6) is 0.104. The first-order valence-corrected chi connectivity index (χ1v) is 9.51. The standard InChI is InChI=1S/C15H19N5O2S2/c1-7-4-8(2)12(21)9(5-7)10-6-11(18-17-10)13(22)16-14-19-20-15(23-3)24-14/h4-5,10-11,17-18,21H,6H2,1-3H3,(H,16,19,22). The highest BCUT2D eigenvalue weighted by molar-refractivity contribution is 8.00. The van der Waals surface area contributed by atoms with E-state index in [4.69, 9.17) is 0 Å². The van der Waals surface area contributed by atoms with Crippen molar-refractivity contribution in [1.29, 1.82) is 0 Å². The lowest BCUT2D eigenvalue weighted by atomic mass is 9.96. The summed E-state index contributed by atoms with van der Waals surface area (Å²) >= 11 is 2.83. The van der Waals surface area contributed by atoms with E-state index in [9.17, 15) is 9.90 Å². The lowest BCUT2D eigenvalue weighted by molar-refractivity contribution is -0.117. The van der Waals surface area contributed by atoms with Gasteiger partial charge in [-0.3, -0.25) is 10.1 Å². The van der Waals surface area contributed by atoms with Crippen molar-refractivity contribution >= 4 is 34.1 Å². The molecule has 1 saturated heterocycles. The smallest absolute Gasteiger partial charge is 0.244 e. The number of amides is 1. The summed E-state index contributed by atoms with van der Waals surface area (Å²) in [7, 11) is 0. The van der Waals surface area contributed by atoms with Crippen LogP contribution in [0.15, 0.2) is 16.5 Å². The molecule has 0 spiro atoms. The molecule has 24 heavy (non-hydrogen) atoms. The number of thioether (sulfide) groups is 1. The van der Waals surface area contributed by atoms with Crippen LogP contribution in [0.4, 0.5) is 5.13 Å². The third-order valence-corrected chi connectivity index (χ3v) is 5.69. The van der Waals surface area contributed by atoms with Crippen LogP contribution in [0.3, 0.4) is 0 Å². The molecule has 4 N–H and O–H groups in total. The van der Waals surface area contributed by atoms with Gasteiger partial charge in [0.25, 0.3) is 0 Å². The van der Waals surface area contributed by atoms with E-state index in [1.165, 1.54) is 23.1 Å². The average Bonchev–Trinajstić information content (AvgIpc) is 3.19. The van der Waals surface area contributed by atoms with Gasteiger partial charge in [0, 0.05) is 5.56 Å². The van der Waals surface area contributed by atoms with Crippen LogP contribution >= 0.6 is 23.1 Å². The lowest BCUT2D eigenvalue weighted by Crippen LogP contribution is -2.39. The van der Waals surface area contributed by atoms with E-state index in [2.05, 4.69) is 26.4 Å². The normalized spacial score (nSPS) is 20.3. The highest BCUT2D eigenvalue weighted by atomic mass is 32.2. The largest absolute Gasteiger partial charge is 0.507 e. The SMILES string of the molecule is CSc1nnc(NC(=O)C2CC(c3cc(C)cc(C)c3O)NN2)s1. The minimum atomic E-state index is -0.406. The third-order valence-electron chi connectivity index (χ3n) is 3.88. The number of nitrogens with zero attached hydrogens (tertiary/aromatic N) is 2. The van der Waals surface area contributed by atoms with Crippen LogP contribution in [0.25, 0.3) is 0 Å². The Morgan fingerprint density at radius 3 is 2.88 bits per heavy atom. The maximum atomic E-state index is 12.4. The Morgan fingerprint density at radius 2 is 2.17 bits per heavy atom. The van der Waals surface area contributed by atoms with Crippen molar-refractivity contribution in [2.75, 3.05) is 11.6 Å². The van der Waals surface area contributed by atoms with Crippen LogP contribution in [-0.4, -0.2) is 33.5 Å². The molecule has 9 heteroatoms. The predicted molar refractivity (Wildman–Crippen MR) is 95.3 cm³/mol. The van der Waals surface area contributed by atoms with Crippen molar-refractivity contribution < 1.29 is 9.90 Å². The molecule has 7 nitrogen and oxygen atoms in total. The molecule has 1 amide bonds. The molecule has 0 saturated carbocycles. The first kappa shape index (κ1) is 17.2. The Morgan fingerprint density at radius 1 is 1.38 bits per heavy atom. The van der Waals surface area contributed by atoms with Crippen LogP contribution in [0, 0.1) is 13.8 Å². The van der Waals surface area contributed by atoms with Crippen molar-refractivity contribution in [2.24, 2.45) is 0 Å². The van der Waals surface area contributed by atoms with E-state index in [1.807, 2.05) is 32.2 Å². The predicted octanol–water partition coefficient (Wildman–Crippen LogP) is 2.13. The summed E-state index contributed by atoms with van der Waals surface area (Å²) in [5, 5.41) is 21.4. The van der Waals surface area contributed by atoms with Gasteiger partial charge in [-0.25, -0.2) is 10.9 Å². The highest BCUT2D eigenvalue weighted by Crippen LogP contribution is 2.33. The molecule has 1 aliphatic rings. The quantitative estimate of drug-likeness (QED) is 0.486. The van der Waals surface area contributed by atoms with Crippen molar-refractivity contribution in [1.82, 2.24) is 21.0 Å². The zero-order valence-electron chi connectivity index (χ0n) is 13.6. The number of phenolic OH excluding ortho intramolecular Hbond substituents is 1. The van der Waals surface area contributed by atoms with E-state index in [0.29, 0.717) is 11.6 Å². The minimum absolute atomic E-state index is 0.129. The fourth-order valence-corrected chi connectivity index (χ4v) is 3.90. The molecule has 0 bridgehead atoms. The minimum Gasteiger partial charge on any atom is -0.507 e. The number of benzene rings is 1. The number of hydrogen-bond acceptors (Lipinski definition) is 8. The average molecular weight is 365 g/mol. The van der Waals surface area contributed by atoms with E-state index >= 15 is 0 Å². The van der Waals surface area contributed by atoms with Gasteiger partial charge in [-0.1, -0.05) is 40.8 Å². The van der Waals surface area contributed by atoms with Gasteiger partial charge in [0.05, 0.1) is 6.04 Å². The monoisotopic (exact) mass is 365 g/mol. The van der Waals surface area contributed by atoms with Gasteiger partial charge >= 0.3 is 0 Å². The molecule has 2 aromatic rings. The maximum absolute atomic E-state index is 12.4. The van der Waals surface area contributed by atoms with E-state index in [-0.39, 0.29) is 17.7 Å². The zero-order valence-corrected chi connectivity index (χ0v) is 15.2. The summed E-state index contributed by atoms with van der Waals surface area (Å²) in [5.41, 5.74) is 8.79. The second-order valence-electron chi connectivity index (χ2n) is 5.72. The number of anilines is 1. The molecular weight excluding hydrogens is 346 g/mol. The molecule has 1 aliphatic heterocycles. The maximum Gasteiger partial charge on any atom is 0.244 e. The third kappa shape index (κ3) is 3.54. The molecule has 2 atom stereocenters. The molecule has 2 heterocycles. The fraction of sp³-hybridized carbons (Fsp3) is 0.400. The van der Waals surface area contributed by atoms with Gasteiger partial charge in [0.2, 0.25) is 11.0 Å². The number of aryl methyl sites for hydroxylation is 2. The van der Waals surface area contributed by atoms with Crippen molar-refractivity contribution in [2.45, 2.75) is 36.7 Å². The summed E-state index contributed by atoms with van der Waals surface area (Å²) in [4.78, 5) is 12.4. The van der Waals surface area contributed by atoms with Crippen LogP contribution in [0.1, 0.15) is 29.2 Å². The van der Waals surface area contributed by atoms with Crippen LogP contribution in [0.5, 0.6) is 5.75 Å². The fourth-order valence-electron chi connectivity index (χ4n) is 2.73. The lowest BCUT2D eigenvalue weighted by Gasteiger charge is -2.14. The molecule has 1 aromatic carbocycles. The molecule has 0 radical (unpaired) electrons. The van der Waals surface area contributed by atoms with Crippen molar-refractivity contribution in [3.63, 3.8) is 0 Å². The molecule has 0 aliphatic carbocycles. The van der Waals surface area contributed by atoms with E-state index < -0.39 is 6.04 Å². The highest BCUT2D eigenvalue weighted by Gasteiger charge is 2.32. The number of hydrazine groups is 1. The number of carbonyl (C=O) groups is 1. The Kier molecular flexibility index (Phi) is 5.04. The summed E-state index contributed by atoms with van der Waals surface area (Å²) in [6.07, 6.45) is 2.45. The Hall–Kier alpha value is -1.68. The van der Waals surface area contributed by atoms with Gasteiger partial charge in [-0.05, 0) is 32.1 Å². The number of aromatic nitrogens is 2. The second kappa shape index (κ2) is 7.06. The Bertz CT molecular complexity index is 764. The number of nitrogens with one attached hydrogen (secondary N) is 3. The van der Waals surface area contributed by atoms with Gasteiger partial charge in [0.1, 0.15) is 11.8 Å². The molecule has 128 valence electrons. The Labute approximate surface area is 148 Å².